The van der Waals surface area contributed by atoms with E-state index in [2.05, 4.69) is 4.98 Å². The third-order valence-electron chi connectivity index (χ3n) is 4.55. The zero-order chi connectivity index (χ0) is 17.6. The number of benzene rings is 2. The molecule has 3 aromatic rings. The Labute approximate surface area is 146 Å². The van der Waals surface area contributed by atoms with Crippen LogP contribution in [-0.2, 0) is 16.4 Å². The molecular formula is C19H18N2O3S. The first-order valence-electron chi connectivity index (χ1n) is 8.07. The van der Waals surface area contributed by atoms with Gasteiger partial charge in [0.2, 0.25) is 0 Å². The summed E-state index contributed by atoms with van der Waals surface area (Å²) in [6.45, 7) is 2.19. The predicted octanol–water partition coefficient (Wildman–Crippen LogP) is 3.30. The standard InChI is InChI=1S/C19H18N2O3S/c1-13-11-16(24-2)7-8-18(13)25(22,23)21-10-9-15-12-14-5-3-4-6-17(14)20-19(15)21/h3-8,11-12H,9-10H2,1-2H3. The molecule has 0 atom stereocenters. The van der Waals surface area contributed by atoms with E-state index >= 15 is 0 Å². The minimum absolute atomic E-state index is 0.288. The molecule has 5 nitrogen and oxygen atoms in total. The van der Waals surface area contributed by atoms with Gasteiger partial charge in [-0.3, -0.25) is 0 Å². The van der Waals surface area contributed by atoms with Gasteiger partial charge in [0.05, 0.1) is 17.5 Å². The van der Waals surface area contributed by atoms with Gasteiger partial charge >= 0.3 is 0 Å². The second-order valence-electron chi connectivity index (χ2n) is 6.12. The van der Waals surface area contributed by atoms with Crippen LogP contribution in [0.25, 0.3) is 10.9 Å². The molecule has 6 heteroatoms. The van der Waals surface area contributed by atoms with E-state index in [9.17, 15) is 8.42 Å². The van der Waals surface area contributed by atoms with Gasteiger partial charge in [-0.1, -0.05) is 18.2 Å². The van der Waals surface area contributed by atoms with Gasteiger partial charge in [0.25, 0.3) is 10.0 Å². The van der Waals surface area contributed by atoms with E-state index in [4.69, 9.17) is 4.74 Å². The number of aryl methyl sites for hydroxylation is 1. The van der Waals surface area contributed by atoms with Crippen molar-refractivity contribution in [3.63, 3.8) is 0 Å². The topological polar surface area (TPSA) is 59.5 Å². The van der Waals surface area contributed by atoms with Crippen LogP contribution in [0.3, 0.4) is 0 Å². The first-order valence-corrected chi connectivity index (χ1v) is 9.51. The highest BCUT2D eigenvalue weighted by Gasteiger charge is 2.33. The van der Waals surface area contributed by atoms with Gasteiger partial charge in [0.1, 0.15) is 11.6 Å². The summed E-state index contributed by atoms with van der Waals surface area (Å²) < 4.78 is 33.0. The highest BCUT2D eigenvalue weighted by atomic mass is 32.2. The van der Waals surface area contributed by atoms with E-state index in [1.807, 2.05) is 30.3 Å². The van der Waals surface area contributed by atoms with Crippen molar-refractivity contribution in [1.82, 2.24) is 4.98 Å². The Kier molecular flexibility index (Phi) is 3.65. The van der Waals surface area contributed by atoms with E-state index < -0.39 is 10.0 Å². The zero-order valence-corrected chi connectivity index (χ0v) is 14.9. The molecule has 4 rings (SSSR count). The molecule has 1 aliphatic heterocycles. The molecule has 2 heterocycles. The van der Waals surface area contributed by atoms with E-state index in [0.717, 1.165) is 16.5 Å². The molecule has 0 unspecified atom stereocenters. The third-order valence-corrected chi connectivity index (χ3v) is 6.50. The highest BCUT2D eigenvalue weighted by Crippen LogP contribution is 2.34. The van der Waals surface area contributed by atoms with Crippen molar-refractivity contribution in [2.24, 2.45) is 0 Å². The molecule has 0 saturated carbocycles. The number of para-hydroxylation sites is 1. The Morgan fingerprint density at radius 3 is 2.68 bits per heavy atom. The molecule has 25 heavy (non-hydrogen) atoms. The molecule has 0 saturated heterocycles. The van der Waals surface area contributed by atoms with E-state index in [-0.39, 0.29) is 4.90 Å². The van der Waals surface area contributed by atoms with Crippen molar-refractivity contribution in [3.8, 4) is 5.75 Å². The summed E-state index contributed by atoms with van der Waals surface area (Å²) in [6, 6.07) is 14.8. The smallest absolute Gasteiger partial charge is 0.265 e. The number of nitrogens with zero attached hydrogens (tertiary/aromatic N) is 2. The molecule has 0 amide bonds. The number of fused-ring (bicyclic) bond motifs is 2. The van der Waals surface area contributed by atoms with Crippen molar-refractivity contribution in [2.75, 3.05) is 18.0 Å². The minimum Gasteiger partial charge on any atom is -0.497 e. The summed E-state index contributed by atoms with van der Waals surface area (Å²) >= 11 is 0. The van der Waals surface area contributed by atoms with Crippen LogP contribution >= 0.6 is 0 Å². The van der Waals surface area contributed by atoms with Crippen LogP contribution in [0.2, 0.25) is 0 Å². The maximum absolute atomic E-state index is 13.2. The van der Waals surface area contributed by atoms with Gasteiger partial charge in [0, 0.05) is 11.9 Å². The lowest BCUT2D eigenvalue weighted by Gasteiger charge is -2.20. The Morgan fingerprint density at radius 1 is 1.12 bits per heavy atom. The van der Waals surface area contributed by atoms with Crippen LogP contribution in [0.15, 0.2) is 53.4 Å². The molecular weight excluding hydrogens is 336 g/mol. The normalized spacial score (nSPS) is 13.9. The van der Waals surface area contributed by atoms with Crippen molar-refractivity contribution < 1.29 is 13.2 Å². The Bertz CT molecular complexity index is 1080. The molecule has 0 N–H and O–H groups in total. The van der Waals surface area contributed by atoms with E-state index in [0.29, 0.717) is 30.1 Å². The lowest BCUT2D eigenvalue weighted by molar-refractivity contribution is 0.414. The SMILES string of the molecule is COc1ccc(S(=O)(=O)N2CCc3cc4ccccc4nc32)c(C)c1. The number of pyridine rings is 1. The van der Waals surface area contributed by atoms with Gasteiger partial charge < -0.3 is 4.74 Å². The fourth-order valence-electron chi connectivity index (χ4n) is 3.27. The van der Waals surface area contributed by atoms with Crippen molar-refractivity contribution >= 4 is 26.7 Å². The Hall–Kier alpha value is -2.60. The number of anilines is 1. The highest BCUT2D eigenvalue weighted by molar-refractivity contribution is 7.92. The molecule has 128 valence electrons. The molecule has 2 aromatic carbocycles. The van der Waals surface area contributed by atoms with Gasteiger partial charge in [-0.15, -0.1) is 0 Å². The lowest BCUT2D eigenvalue weighted by Crippen LogP contribution is -2.30. The van der Waals surface area contributed by atoms with Crippen LogP contribution in [0.4, 0.5) is 5.82 Å². The summed E-state index contributed by atoms with van der Waals surface area (Å²) in [7, 11) is -2.10. The Balaban J connectivity index is 1.83. The van der Waals surface area contributed by atoms with E-state index in [1.165, 1.54) is 4.31 Å². The molecule has 0 bridgehead atoms. The van der Waals surface area contributed by atoms with Gasteiger partial charge in [0.15, 0.2) is 0 Å². The number of methoxy groups -OCH3 is 1. The van der Waals surface area contributed by atoms with Crippen LogP contribution in [0.5, 0.6) is 5.75 Å². The fourth-order valence-corrected chi connectivity index (χ4v) is 4.93. The average Bonchev–Trinajstić information content (AvgIpc) is 3.02. The molecule has 1 aliphatic rings. The van der Waals surface area contributed by atoms with Crippen molar-refractivity contribution in [1.29, 1.82) is 0 Å². The summed E-state index contributed by atoms with van der Waals surface area (Å²) in [5.41, 5.74) is 2.43. The first kappa shape index (κ1) is 15.9. The van der Waals surface area contributed by atoms with Gasteiger partial charge in [-0.2, -0.15) is 0 Å². The zero-order valence-electron chi connectivity index (χ0n) is 14.1. The van der Waals surface area contributed by atoms with E-state index in [1.54, 1.807) is 32.2 Å². The van der Waals surface area contributed by atoms with Gasteiger partial charge in [-0.25, -0.2) is 17.7 Å². The second kappa shape index (κ2) is 5.74. The van der Waals surface area contributed by atoms with Crippen molar-refractivity contribution in [2.45, 2.75) is 18.2 Å². The summed E-state index contributed by atoms with van der Waals surface area (Å²) in [5.74, 6) is 1.18. The monoisotopic (exact) mass is 354 g/mol. The largest absolute Gasteiger partial charge is 0.497 e. The quantitative estimate of drug-likeness (QED) is 0.724. The molecule has 0 radical (unpaired) electrons. The van der Waals surface area contributed by atoms with Crippen LogP contribution in [-0.4, -0.2) is 27.1 Å². The average molecular weight is 354 g/mol. The molecule has 1 aromatic heterocycles. The molecule has 0 spiro atoms. The van der Waals surface area contributed by atoms with Crippen LogP contribution in [0.1, 0.15) is 11.1 Å². The fraction of sp³-hybridized carbons (Fsp3) is 0.211. The minimum atomic E-state index is -3.66. The second-order valence-corrected chi connectivity index (χ2v) is 7.95. The maximum Gasteiger partial charge on any atom is 0.265 e. The lowest BCUT2D eigenvalue weighted by atomic mass is 10.1. The number of aromatic nitrogens is 1. The van der Waals surface area contributed by atoms with Gasteiger partial charge in [-0.05, 0) is 54.8 Å². The number of hydrogen-bond acceptors (Lipinski definition) is 4. The Morgan fingerprint density at radius 2 is 1.92 bits per heavy atom. The molecule has 0 fully saturated rings. The number of rotatable bonds is 3. The van der Waals surface area contributed by atoms with Crippen molar-refractivity contribution in [3.05, 3.63) is 59.7 Å². The van der Waals surface area contributed by atoms with Crippen LogP contribution in [0, 0.1) is 6.92 Å². The maximum atomic E-state index is 13.2. The number of ether oxygens (including phenoxy) is 1. The number of sulfonamides is 1. The summed E-state index contributed by atoms with van der Waals surface area (Å²) in [4.78, 5) is 4.90. The number of hydrogen-bond donors (Lipinski definition) is 0. The summed E-state index contributed by atoms with van der Waals surface area (Å²) in [6.07, 6.45) is 0.668. The summed E-state index contributed by atoms with van der Waals surface area (Å²) in [5, 5.41) is 1.03. The molecule has 0 aliphatic carbocycles. The third kappa shape index (κ3) is 2.53. The van der Waals surface area contributed by atoms with Crippen LogP contribution < -0.4 is 9.04 Å². The first-order chi connectivity index (χ1) is 12.0. The predicted molar refractivity (Wildman–Crippen MR) is 97.7 cm³/mol.